The summed E-state index contributed by atoms with van der Waals surface area (Å²) in [4.78, 5) is 17.2. The van der Waals surface area contributed by atoms with Crippen LogP contribution < -0.4 is 10.2 Å². The fourth-order valence-electron chi connectivity index (χ4n) is 3.13. The van der Waals surface area contributed by atoms with Crippen LogP contribution in [-0.4, -0.2) is 22.8 Å². The van der Waals surface area contributed by atoms with Crippen LogP contribution in [0, 0.1) is 5.82 Å². The Kier molecular flexibility index (Phi) is 6.66. The molecule has 0 saturated heterocycles. The van der Waals surface area contributed by atoms with Gasteiger partial charge in [0.25, 0.3) is 0 Å². The molecule has 4 aromatic rings. The first kappa shape index (κ1) is 22.0. The number of hydrogen-bond donors (Lipinski definition) is 2. The average molecular weight is 448 g/mol. The lowest BCUT2D eigenvalue weighted by Crippen LogP contribution is -2.14. The minimum atomic E-state index is -1.11. The number of nitrogens with zero attached hydrogens (tertiary/aromatic N) is 1. The predicted octanol–water partition coefficient (Wildman–Crippen LogP) is 5.64. The Bertz CT molecular complexity index is 1300. The Morgan fingerprint density at radius 1 is 1.12 bits per heavy atom. The van der Waals surface area contributed by atoms with E-state index < -0.39 is 5.97 Å². The van der Waals surface area contributed by atoms with Crippen LogP contribution in [0.5, 0.6) is 5.75 Å². The number of hydrogen-bond acceptors (Lipinski definition) is 6. The van der Waals surface area contributed by atoms with E-state index in [1.165, 1.54) is 18.4 Å². The quantitative estimate of drug-likeness (QED) is 0.194. The maximum atomic E-state index is 13.2. The van der Waals surface area contributed by atoms with Crippen molar-refractivity contribution in [1.82, 2.24) is 10.6 Å². The molecule has 0 aliphatic carbocycles. The van der Waals surface area contributed by atoms with Crippen molar-refractivity contribution in [3.8, 4) is 17.0 Å². The van der Waals surface area contributed by atoms with Gasteiger partial charge < -0.3 is 14.4 Å². The first-order valence-corrected chi connectivity index (χ1v) is 10.3. The number of fused-ring (bicyclic) bond motifs is 1. The number of halogens is 1. The summed E-state index contributed by atoms with van der Waals surface area (Å²) in [5.74, 6) is -1.01. The van der Waals surface area contributed by atoms with E-state index in [0.717, 1.165) is 17.2 Å². The van der Waals surface area contributed by atoms with E-state index in [0.29, 0.717) is 29.3 Å². The number of nitrogens with one attached hydrogen (secondary N) is 1. The topological polar surface area (TPSA) is 93.8 Å². The molecule has 0 amide bonds. The van der Waals surface area contributed by atoms with Crippen molar-refractivity contribution < 1.29 is 28.4 Å². The Balaban J connectivity index is 1.66. The maximum Gasteiger partial charge on any atom is 0.339 e. The summed E-state index contributed by atoms with van der Waals surface area (Å²) < 4.78 is 24.4. The van der Waals surface area contributed by atoms with Gasteiger partial charge in [0.1, 0.15) is 34.8 Å². The summed E-state index contributed by atoms with van der Waals surface area (Å²) >= 11 is 0. The van der Waals surface area contributed by atoms with Gasteiger partial charge >= 0.3 is 5.97 Å². The molecule has 1 aromatic heterocycles. The lowest BCUT2D eigenvalue weighted by molar-refractivity contribution is 0.0694. The number of carboxylic acids is 1. The molecule has 0 unspecified atom stereocenters. The molecule has 0 bridgehead atoms. The Morgan fingerprint density at radius 3 is 2.55 bits per heavy atom. The van der Waals surface area contributed by atoms with E-state index in [2.05, 4.69) is 10.6 Å². The van der Waals surface area contributed by atoms with Gasteiger partial charge in [0.15, 0.2) is 5.76 Å². The van der Waals surface area contributed by atoms with Crippen LogP contribution in [0.4, 0.5) is 4.39 Å². The largest absolute Gasteiger partial charge is 0.478 e. The first-order chi connectivity index (χ1) is 16.0. The van der Waals surface area contributed by atoms with Crippen molar-refractivity contribution in [3.05, 3.63) is 90.1 Å². The molecule has 2 N–H and O–H groups in total. The summed E-state index contributed by atoms with van der Waals surface area (Å²) in [6.45, 7) is 2.38. The Labute approximate surface area is 189 Å². The minimum absolute atomic E-state index is 0.0170. The second-order valence-corrected chi connectivity index (χ2v) is 7.18. The maximum absolute atomic E-state index is 13.2. The van der Waals surface area contributed by atoms with E-state index in [9.17, 15) is 14.3 Å². The van der Waals surface area contributed by atoms with Crippen LogP contribution in [0.2, 0.25) is 0 Å². The molecule has 0 saturated carbocycles. The van der Waals surface area contributed by atoms with E-state index in [1.807, 2.05) is 31.2 Å². The number of rotatable bonds is 9. The third-order valence-corrected chi connectivity index (χ3v) is 4.79. The smallest absolute Gasteiger partial charge is 0.339 e. The van der Waals surface area contributed by atoms with Gasteiger partial charge in [-0.25, -0.2) is 9.18 Å². The number of aromatic carboxylic acids is 1. The summed E-state index contributed by atoms with van der Waals surface area (Å²) in [6.07, 6.45) is 2.08. The normalized spacial score (nSPS) is 11.5. The summed E-state index contributed by atoms with van der Waals surface area (Å²) in [6, 6.07) is 18.1. The van der Waals surface area contributed by atoms with Gasteiger partial charge in [0, 0.05) is 11.6 Å². The predicted molar refractivity (Wildman–Crippen MR) is 121 cm³/mol. The van der Waals surface area contributed by atoms with Gasteiger partial charge in [-0.05, 0) is 53.6 Å². The van der Waals surface area contributed by atoms with Gasteiger partial charge in [-0.2, -0.15) is 0 Å². The molecule has 0 aliphatic rings. The van der Waals surface area contributed by atoms with E-state index in [1.54, 1.807) is 30.3 Å². The highest BCUT2D eigenvalue weighted by Gasteiger charge is 2.16. The zero-order valence-corrected chi connectivity index (χ0v) is 17.7. The van der Waals surface area contributed by atoms with Crippen molar-refractivity contribution >= 4 is 22.4 Å². The van der Waals surface area contributed by atoms with Crippen LogP contribution >= 0.6 is 0 Å². The van der Waals surface area contributed by atoms with Crippen molar-refractivity contribution in [1.29, 1.82) is 0 Å². The second kappa shape index (κ2) is 9.97. The summed E-state index contributed by atoms with van der Waals surface area (Å²) in [5.41, 5.74) is 4.24. The number of aromatic nitrogens is 1. The summed E-state index contributed by atoms with van der Waals surface area (Å²) in [5, 5.41) is 15.3. The van der Waals surface area contributed by atoms with Crippen LogP contribution in [0.15, 0.2) is 77.5 Å². The van der Waals surface area contributed by atoms with Gasteiger partial charge in [-0.15, -0.1) is 0 Å². The van der Waals surface area contributed by atoms with Gasteiger partial charge in [-0.1, -0.05) is 36.3 Å². The highest BCUT2D eigenvalue weighted by molar-refractivity contribution is 5.97. The van der Waals surface area contributed by atoms with Gasteiger partial charge in [0.05, 0.1) is 6.61 Å². The molecule has 0 spiro atoms. The molecule has 0 fully saturated rings. The van der Waals surface area contributed by atoms with Gasteiger partial charge in [-0.3, -0.25) is 10.3 Å². The lowest BCUT2D eigenvalue weighted by Gasteiger charge is -2.11. The molecule has 3 aromatic carbocycles. The lowest BCUT2D eigenvalue weighted by atomic mass is 10.1. The van der Waals surface area contributed by atoms with Crippen molar-refractivity contribution in [2.24, 2.45) is 0 Å². The van der Waals surface area contributed by atoms with Gasteiger partial charge in [0.2, 0.25) is 0 Å². The average Bonchev–Trinajstić information content (AvgIpc) is 3.31. The molecule has 33 heavy (non-hydrogen) atoms. The SMILES string of the molecule is CCCONC(=COc1cc2ccccc2cc1C(=O)O)c1cc(-c2ccc(F)cc2)no1. The molecular formula is C25H21FN2O5. The molecular weight excluding hydrogens is 427 g/mol. The summed E-state index contributed by atoms with van der Waals surface area (Å²) in [7, 11) is 0. The number of hydroxylamine groups is 1. The zero-order chi connectivity index (χ0) is 23.2. The second-order valence-electron chi connectivity index (χ2n) is 7.18. The number of carboxylic acid groups (broad SMARTS) is 1. The molecule has 8 heteroatoms. The van der Waals surface area contributed by atoms with E-state index in [-0.39, 0.29) is 17.1 Å². The highest BCUT2D eigenvalue weighted by atomic mass is 19.1. The van der Waals surface area contributed by atoms with Crippen molar-refractivity contribution in [2.75, 3.05) is 6.61 Å². The monoisotopic (exact) mass is 448 g/mol. The van der Waals surface area contributed by atoms with Crippen molar-refractivity contribution in [3.63, 3.8) is 0 Å². The molecule has 0 radical (unpaired) electrons. The van der Waals surface area contributed by atoms with Crippen LogP contribution in [0.1, 0.15) is 29.5 Å². The molecule has 1 heterocycles. The molecule has 7 nitrogen and oxygen atoms in total. The first-order valence-electron chi connectivity index (χ1n) is 10.3. The fourth-order valence-corrected chi connectivity index (χ4v) is 3.13. The third kappa shape index (κ3) is 5.19. The highest BCUT2D eigenvalue weighted by Crippen LogP contribution is 2.28. The van der Waals surface area contributed by atoms with E-state index in [4.69, 9.17) is 14.1 Å². The fraction of sp³-hybridized carbons (Fsp3) is 0.120. The Morgan fingerprint density at radius 2 is 1.85 bits per heavy atom. The number of carbonyl (C=O) groups is 1. The zero-order valence-electron chi connectivity index (χ0n) is 17.7. The van der Waals surface area contributed by atoms with Crippen LogP contribution in [0.3, 0.4) is 0 Å². The van der Waals surface area contributed by atoms with Crippen molar-refractivity contribution in [2.45, 2.75) is 13.3 Å². The third-order valence-electron chi connectivity index (χ3n) is 4.79. The van der Waals surface area contributed by atoms with E-state index >= 15 is 0 Å². The minimum Gasteiger partial charge on any atom is -0.478 e. The molecule has 168 valence electrons. The molecule has 0 atom stereocenters. The molecule has 0 aliphatic heterocycles. The molecule has 4 rings (SSSR count). The Hall–Kier alpha value is -4.17. The number of ether oxygens (including phenoxy) is 1. The van der Waals surface area contributed by atoms with Crippen LogP contribution in [0.25, 0.3) is 27.7 Å². The number of benzene rings is 3. The van der Waals surface area contributed by atoms with Crippen LogP contribution in [-0.2, 0) is 4.84 Å². The standard InChI is InChI=1S/C25H21FN2O5/c1-2-11-32-27-22(24-14-21(28-33-24)16-7-9-19(26)10-8-16)15-31-23-13-18-6-4-3-5-17(18)12-20(23)25(29)30/h3-10,12-15,27H,2,11H2,1H3,(H,29,30).